The van der Waals surface area contributed by atoms with Crippen molar-refractivity contribution in [2.24, 2.45) is 0 Å². The Labute approximate surface area is 175 Å². The molecule has 1 aromatic heterocycles. The van der Waals surface area contributed by atoms with Gasteiger partial charge >= 0.3 is 0 Å². The number of morpholine rings is 1. The first kappa shape index (κ1) is 19.1. The molecule has 0 unspecified atom stereocenters. The van der Waals surface area contributed by atoms with Gasteiger partial charge < -0.3 is 15.0 Å². The number of hydrogen-bond acceptors (Lipinski definition) is 6. The Morgan fingerprint density at radius 2 is 1.90 bits per heavy atom. The molecule has 1 aliphatic carbocycles. The molecule has 156 valence electrons. The van der Waals surface area contributed by atoms with Gasteiger partial charge in [-0.2, -0.15) is 4.98 Å². The van der Waals surface area contributed by atoms with Crippen molar-refractivity contribution in [1.82, 2.24) is 9.97 Å². The van der Waals surface area contributed by atoms with Gasteiger partial charge in [0.25, 0.3) is 5.56 Å². The fraction of sp³-hybridized carbons (Fsp3) is 0.435. The summed E-state index contributed by atoms with van der Waals surface area (Å²) >= 11 is 0. The molecular formula is C23H26N4O3. The molecule has 2 N–H and O–H groups in total. The van der Waals surface area contributed by atoms with Crippen molar-refractivity contribution in [1.29, 1.82) is 0 Å². The molecule has 0 spiro atoms. The maximum Gasteiger partial charge on any atom is 0.258 e. The summed E-state index contributed by atoms with van der Waals surface area (Å²) in [4.78, 5) is 36.0. The van der Waals surface area contributed by atoms with Crippen molar-refractivity contribution in [3.05, 3.63) is 62.6 Å². The number of nitrogens with zero attached hydrogens (tertiary/aromatic N) is 2. The van der Waals surface area contributed by atoms with E-state index in [9.17, 15) is 9.59 Å². The largest absolute Gasteiger partial charge is 0.378 e. The lowest BCUT2D eigenvalue weighted by atomic mass is 9.76. The van der Waals surface area contributed by atoms with E-state index in [-0.39, 0.29) is 17.3 Å². The standard InChI is InChI=1S/C23H26N4O3/c1-2-14-6-8-15(9-7-14)18-19-16(4-3-5-17(19)28)24-21-20(18)22(29)26-23(25-21)27-10-12-30-13-11-27/h6-9,18H,2-5,10-13H2,1H3,(H2,24,25,26,29)/t18-/m1/s1. The Morgan fingerprint density at radius 3 is 2.63 bits per heavy atom. The second-order valence-electron chi connectivity index (χ2n) is 8.07. The quantitative estimate of drug-likeness (QED) is 0.815. The Hall–Kier alpha value is -2.93. The van der Waals surface area contributed by atoms with Gasteiger partial charge in [0.1, 0.15) is 5.82 Å². The first-order valence-corrected chi connectivity index (χ1v) is 10.7. The molecule has 3 heterocycles. The van der Waals surface area contributed by atoms with Crippen LogP contribution in [0.2, 0.25) is 0 Å². The monoisotopic (exact) mass is 406 g/mol. The molecule has 2 aliphatic heterocycles. The van der Waals surface area contributed by atoms with E-state index < -0.39 is 0 Å². The van der Waals surface area contributed by atoms with Crippen LogP contribution in [0.3, 0.4) is 0 Å². The fourth-order valence-electron chi connectivity index (χ4n) is 4.65. The van der Waals surface area contributed by atoms with Gasteiger partial charge in [-0.3, -0.25) is 14.6 Å². The summed E-state index contributed by atoms with van der Waals surface area (Å²) in [6.07, 6.45) is 3.09. The van der Waals surface area contributed by atoms with Crippen LogP contribution in [0.5, 0.6) is 0 Å². The minimum absolute atomic E-state index is 0.121. The topological polar surface area (TPSA) is 87.3 Å². The molecule has 5 rings (SSSR count). The zero-order valence-electron chi connectivity index (χ0n) is 17.2. The third-order valence-electron chi connectivity index (χ3n) is 6.28. The lowest BCUT2D eigenvalue weighted by Crippen LogP contribution is -2.40. The van der Waals surface area contributed by atoms with E-state index in [0.717, 1.165) is 36.1 Å². The van der Waals surface area contributed by atoms with Crippen LogP contribution in [-0.2, 0) is 16.0 Å². The van der Waals surface area contributed by atoms with Crippen LogP contribution in [0.4, 0.5) is 11.8 Å². The number of anilines is 2. The van der Waals surface area contributed by atoms with Crippen LogP contribution in [0, 0.1) is 0 Å². The minimum Gasteiger partial charge on any atom is -0.378 e. The maximum atomic E-state index is 13.3. The molecule has 0 radical (unpaired) electrons. The molecule has 1 fully saturated rings. The molecule has 3 aliphatic rings. The number of carbonyl (C=O) groups excluding carboxylic acids is 1. The van der Waals surface area contributed by atoms with E-state index in [1.807, 2.05) is 17.0 Å². The number of hydrogen-bond donors (Lipinski definition) is 2. The SMILES string of the molecule is CCc1ccc([C@@H]2C3=C(CCCC3=O)Nc3nc(N4CCOCC4)[nH]c(=O)c32)cc1. The summed E-state index contributed by atoms with van der Waals surface area (Å²) in [5.41, 5.74) is 4.17. The van der Waals surface area contributed by atoms with Gasteiger partial charge in [-0.15, -0.1) is 0 Å². The number of aromatic amines is 1. The number of aromatic nitrogens is 2. The molecule has 0 saturated carbocycles. The molecule has 2 aromatic rings. The highest BCUT2D eigenvalue weighted by Gasteiger charge is 2.38. The number of fused-ring (bicyclic) bond motifs is 1. The molecule has 1 saturated heterocycles. The lowest BCUT2D eigenvalue weighted by Gasteiger charge is -2.34. The van der Waals surface area contributed by atoms with Gasteiger partial charge in [0.15, 0.2) is 5.78 Å². The summed E-state index contributed by atoms with van der Waals surface area (Å²) in [5.74, 6) is 0.861. The van der Waals surface area contributed by atoms with Crippen molar-refractivity contribution >= 4 is 17.5 Å². The number of nitrogens with one attached hydrogen (secondary N) is 2. The van der Waals surface area contributed by atoms with E-state index in [4.69, 9.17) is 9.72 Å². The maximum absolute atomic E-state index is 13.3. The Morgan fingerprint density at radius 1 is 1.13 bits per heavy atom. The molecule has 0 amide bonds. The first-order valence-electron chi connectivity index (χ1n) is 10.7. The van der Waals surface area contributed by atoms with Gasteiger partial charge in [-0.25, -0.2) is 0 Å². The third kappa shape index (κ3) is 3.23. The average molecular weight is 406 g/mol. The number of allylic oxidation sites excluding steroid dienone is 2. The summed E-state index contributed by atoms with van der Waals surface area (Å²) in [6, 6.07) is 8.24. The predicted octanol–water partition coefficient (Wildman–Crippen LogP) is 2.73. The van der Waals surface area contributed by atoms with Gasteiger partial charge in [-0.1, -0.05) is 31.2 Å². The summed E-state index contributed by atoms with van der Waals surface area (Å²) in [6.45, 7) is 4.73. The highest BCUT2D eigenvalue weighted by atomic mass is 16.5. The molecule has 30 heavy (non-hydrogen) atoms. The van der Waals surface area contributed by atoms with Crippen LogP contribution in [0.25, 0.3) is 0 Å². The number of benzene rings is 1. The molecule has 1 atom stereocenters. The van der Waals surface area contributed by atoms with Crippen molar-refractivity contribution in [2.75, 3.05) is 36.5 Å². The van der Waals surface area contributed by atoms with E-state index in [1.54, 1.807) is 0 Å². The van der Waals surface area contributed by atoms with Crippen molar-refractivity contribution in [3.8, 4) is 0 Å². The smallest absolute Gasteiger partial charge is 0.258 e. The van der Waals surface area contributed by atoms with Crippen molar-refractivity contribution in [2.45, 2.75) is 38.5 Å². The zero-order valence-corrected chi connectivity index (χ0v) is 17.2. The Bertz CT molecular complexity index is 1060. The fourth-order valence-corrected chi connectivity index (χ4v) is 4.65. The van der Waals surface area contributed by atoms with E-state index in [2.05, 4.69) is 29.4 Å². The number of aryl methyl sites for hydroxylation is 1. The number of H-pyrrole nitrogens is 1. The molecule has 0 bridgehead atoms. The summed E-state index contributed by atoms with van der Waals surface area (Å²) in [7, 11) is 0. The zero-order chi connectivity index (χ0) is 20.7. The Kier molecular flexibility index (Phi) is 4.90. The molecule has 1 aromatic carbocycles. The highest BCUT2D eigenvalue weighted by Crippen LogP contribution is 2.43. The normalized spacial score (nSPS) is 21.2. The number of Topliss-reactive ketones (excluding diaryl/α,β-unsaturated/α-hetero) is 1. The molecular weight excluding hydrogens is 380 g/mol. The highest BCUT2D eigenvalue weighted by molar-refractivity contribution is 6.00. The first-order chi connectivity index (χ1) is 14.7. The summed E-state index contributed by atoms with van der Waals surface area (Å²) in [5, 5.41) is 3.34. The van der Waals surface area contributed by atoms with Crippen LogP contribution >= 0.6 is 0 Å². The van der Waals surface area contributed by atoms with Crippen molar-refractivity contribution in [3.63, 3.8) is 0 Å². The third-order valence-corrected chi connectivity index (χ3v) is 6.28. The van der Waals surface area contributed by atoms with Crippen molar-refractivity contribution < 1.29 is 9.53 Å². The van der Waals surface area contributed by atoms with Crippen LogP contribution in [-0.4, -0.2) is 42.1 Å². The minimum atomic E-state index is -0.384. The van der Waals surface area contributed by atoms with E-state index in [0.29, 0.717) is 50.1 Å². The van der Waals surface area contributed by atoms with Crippen LogP contribution in [0.1, 0.15) is 48.8 Å². The number of rotatable bonds is 3. The van der Waals surface area contributed by atoms with Crippen LogP contribution < -0.4 is 15.8 Å². The molecule has 7 heteroatoms. The molecule has 7 nitrogen and oxygen atoms in total. The van der Waals surface area contributed by atoms with Gasteiger partial charge in [0.2, 0.25) is 5.95 Å². The average Bonchev–Trinajstić information content (AvgIpc) is 2.78. The summed E-state index contributed by atoms with van der Waals surface area (Å²) < 4.78 is 5.42. The predicted molar refractivity (Wildman–Crippen MR) is 115 cm³/mol. The van der Waals surface area contributed by atoms with E-state index in [1.165, 1.54) is 5.56 Å². The number of ketones is 1. The lowest BCUT2D eigenvalue weighted by molar-refractivity contribution is -0.116. The van der Waals surface area contributed by atoms with E-state index >= 15 is 0 Å². The second-order valence-corrected chi connectivity index (χ2v) is 8.07. The van der Waals surface area contributed by atoms with Crippen LogP contribution in [0.15, 0.2) is 40.3 Å². The van der Waals surface area contributed by atoms with Gasteiger partial charge in [0.05, 0.1) is 18.8 Å². The second kappa shape index (κ2) is 7.72. The number of ether oxygens (including phenoxy) is 1. The number of carbonyl (C=O) groups is 1. The Balaban J connectivity index is 1.65. The van der Waals surface area contributed by atoms with Gasteiger partial charge in [0, 0.05) is 36.7 Å². The van der Waals surface area contributed by atoms with Gasteiger partial charge in [-0.05, 0) is 30.4 Å².